The van der Waals surface area contributed by atoms with E-state index >= 15 is 0 Å². The largest absolute Gasteiger partial charge is 0.368 e. The first-order valence-corrected chi connectivity index (χ1v) is 5.96. The lowest BCUT2D eigenvalue weighted by atomic mass is 10.2. The highest BCUT2D eigenvalue weighted by molar-refractivity contribution is 5.39. The van der Waals surface area contributed by atoms with Crippen LogP contribution in [0.1, 0.15) is 19.8 Å². The van der Waals surface area contributed by atoms with Gasteiger partial charge in [-0.15, -0.1) is 0 Å². The van der Waals surface area contributed by atoms with Gasteiger partial charge in [-0.3, -0.25) is 4.90 Å². The highest BCUT2D eigenvalue weighted by Crippen LogP contribution is 2.18. The highest BCUT2D eigenvalue weighted by atomic mass is 19.1. The van der Waals surface area contributed by atoms with Gasteiger partial charge >= 0.3 is 0 Å². The topological polar surface area (TPSA) is 67.1 Å². The number of likely N-dealkylation sites (tertiary alicyclic amines) is 1. The molecule has 1 unspecified atom stereocenters. The van der Waals surface area contributed by atoms with Gasteiger partial charge in [0.05, 0.1) is 6.20 Å². The smallest absolute Gasteiger partial charge is 0.222 e. The van der Waals surface area contributed by atoms with Gasteiger partial charge in [-0.25, -0.2) is 9.37 Å². The Morgan fingerprint density at radius 1 is 1.65 bits per heavy atom. The lowest BCUT2D eigenvalue weighted by Gasteiger charge is -2.23. The second-order valence-corrected chi connectivity index (χ2v) is 4.23. The van der Waals surface area contributed by atoms with Gasteiger partial charge in [-0.05, 0) is 25.9 Å². The minimum absolute atomic E-state index is 0.0904. The number of nitrogens with two attached hydrogens (primary N) is 1. The summed E-state index contributed by atoms with van der Waals surface area (Å²) in [6.07, 6.45) is 3.44. The zero-order chi connectivity index (χ0) is 12.3. The molecule has 1 aromatic rings. The number of likely N-dealkylation sites (N-methyl/N-ethyl adjacent to an activating group) is 1. The maximum absolute atomic E-state index is 13.4. The molecule has 6 heteroatoms. The first-order chi connectivity index (χ1) is 8.20. The molecule has 1 aromatic heterocycles. The Hall–Kier alpha value is -1.43. The van der Waals surface area contributed by atoms with Crippen molar-refractivity contribution in [3.8, 4) is 0 Å². The van der Waals surface area contributed by atoms with E-state index < -0.39 is 5.82 Å². The van der Waals surface area contributed by atoms with Crippen LogP contribution in [0.25, 0.3) is 0 Å². The Balaban J connectivity index is 1.95. The van der Waals surface area contributed by atoms with E-state index in [9.17, 15) is 4.39 Å². The summed E-state index contributed by atoms with van der Waals surface area (Å²) in [6, 6.07) is 0.454. The van der Waals surface area contributed by atoms with E-state index in [2.05, 4.69) is 27.1 Å². The first kappa shape index (κ1) is 12.0. The number of aromatic nitrogens is 2. The van der Waals surface area contributed by atoms with Gasteiger partial charge in [-0.2, -0.15) is 4.98 Å². The third-order valence-corrected chi connectivity index (χ3v) is 3.17. The summed E-state index contributed by atoms with van der Waals surface area (Å²) >= 11 is 0. The van der Waals surface area contributed by atoms with Gasteiger partial charge in [0.25, 0.3) is 0 Å². The van der Waals surface area contributed by atoms with Crippen LogP contribution in [-0.4, -0.2) is 40.5 Å². The van der Waals surface area contributed by atoms with Crippen molar-refractivity contribution in [1.82, 2.24) is 14.9 Å². The molecule has 0 radical (unpaired) electrons. The van der Waals surface area contributed by atoms with Crippen molar-refractivity contribution in [1.29, 1.82) is 0 Å². The lowest BCUT2D eigenvalue weighted by molar-refractivity contribution is 0.276. The Morgan fingerprint density at radius 3 is 3.24 bits per heavy atom. The van der Waals surface area contributed by atoms with Crippen molar-refractivity contribution in [2.45, 2.75) is 25.8 Å². The average Bonchev–Trinajstić information content (AvgIpc) is 2.77. The zero-order valence-corrected chi connectivity index (χ0v) is 9.99. The molecule has 0 amide bonds. The van der Waals surface area contributed by atoms with Gasteiger partial charge in [-0.1, -0.05) is 6.92 Å². The normalized spacial score (nSPS) is 20.7. The van der Waals surface area contributed by atoms with Crippen LogP contribution in [0.3, 0.4) is 0 Å². The molecule has 94 valence electrons. The summed E-state index contributed by atoms with van der Waals surface area (Å²) < 4.78 is 13.4. The molecule has 17 heavy (non-hydrogen) atoms. The molecule has 0 spiro atoms. The monoisotopic (exact) mass is 239 g/mol. The molecule has 0 saturated carbocycles. The van der Waals surface area contributed by atoms with E-state index in [1.807, 2.05) is 0 Å². The minimum atomic E-state index is -0.458. The fourth-order valence-electron chi connectivity index (χ4n) is 2.26. The SMILES string of the molecule is CCN1CCCC1CNc1nc(N)ncc1F. The molecule has 1 saturated heterocycles. The molecule has 1 aliphatic heterocycles. The third-order valence-electron chi connectivity index (χ3n) is 3.17. The lowest BCUT2D eigenvalue weighted by Crippen LogP contribution is -2.35. The van der Waals surface area contributed by atoms with Gasteiger partial charge in [0.1, 0.15) is 0 Å². The fourth-order valence-corrected chi connectivity index (χ4v) is 2.26. The van der Waals surface area contributed by atoms with Gasteiger partial charge in [0.15, 0.2) is 11.6 Å². The van der Waals surface area contributed by atoms with Crippen molar-refractivity contribution in [3.05, 3.63) is 12.0 Å². The molecule has 1 fully saturated rings. The van der Waals surface area contributed by atoms with Crippen molar-refractivity contribution in [2.75, 3.05) is 30.7 Å². The number of halogens is 1. The second-order valence-electron chi connectivity index (χ2n) is 4.23. The van der Waals surface area contributed by atoms with E-state index in [-0.39, 0.29) is 11.8 Å². The molecule has 1 atom stereocenters. The molecular weight excluding hydrogens is 221 g/mol. The number of nitrogens with zero attached hydrogens (tertiary/aromatic N) is 3. The Labute approximate surface area is 100 Å². The molecule has 2 heterocycles. The number of nitrogens with one attached hydrogen (secondary N) is 1. The number of hydrogen-bond donors (Lipinski definition) is 2. The number of nitrogen functional groups attached to an aromatic ring is 1. The van der Waals surface area contributed by atoms with Crippen molar-refractivity contribution in [3.63, 3.8) is 0 Å². The summed E-state index contributed by atoms with van der Waals surface area (Å²) in [5.74, 6) is -0.173. The first-order valence-electron chi connectivity index (χ1n) is 5.96. The third kappa shape index (κ3) is 2.82. The van der Waals surface area contributed by atoms with Crippen LogP contribution in [0.2, 0.25) is 0 Å². The zero-order valence-electron chi connectivity index (χ0n) is 9.99. The van der Waals surface area contributed by atoms with Crippen LogP contribution >= 0.6 is 0 Å². The number of rotatable bonds is 4. The van der Waals surface area contributed by atoms with Gasteiger partial charge < -0.3 is 11.1 Å². The number of hydrogen-bond acceptors (Lipinski definition) is 5. The summed E-state index contributed by atoms with van der Waals surface area (Å²) in [5.41, 5.74) is 5.43. The average molecular weight is 239 g/mol. The number of anilines is 2. The van der Waals surface area contributed by atoms with Crippen molar-refractivity contribution < 1.29 is 4.39 Å². The van der Waals surface area contributed by atoms with E-state index in [1.165, 1.54) is 6.42 Å². The molecule has 5 nitrogen and oxygen atoms in total. The van der Waals surface area contributed by atoms with Crippen LogP contribution in [-0.2, 0) is 0 Å². The Bertz CT molecular complexity index is 384. The molecule has 3 N–H and O–H groups in total. The summed E-state index contributed by atoms with van der Waals surface area (Å²) in [7, 11) is 0. The molecular formula is C11H18FN5. The molecule has 0 bridgehead atoms. The van der Waals surface area contributed by atoms with Crippen molar-refractivity contribution in [2.24, 2.45) is 0 Å². The van der Waals surface area contributed by atoms with Crippen LogP contribution in [0, 0.1) is 5.82 Å². The van der Waals surface area contributed by atoms with Gasteiger partial charge in [0, 0.05) is 12.6 Å². The Kier molecular flexibility index (Phi) is 3.73. The van der Waals surface area contributed by atoms with Crippen LogP contribution in [0.4, 0.5) is 16.2 Å². The predicted octanol–water partition coefficient (Wildman–Crippen LogP) is 1.09. The van der Waals surface area contributed by atoms with Crippen molar-refractivity contribution >= 4 is 11.8 Å². The maximum atomic E-state index is 13.4. The van der Waals surface area contributed by atoms with E-state index in [4.69, 9.17) is 5.73 Å². The quantitative estimate of drug-likeness (QED) is 0.823. The van der Waals surface area contributed by atoms with E-state index in [0.29, 0.717) is 12.6 Å². The second kappa shape index (κ2) is 5.27. The fraction of sp³-hybridized carbons (Fsp3) is 0.636. The molecule has 1 aliphatic rings. The molecule has 2 rings (SSSR count). The predicted molar refractivity (Wildman–Crippen MR) is 65.2 cm³/mol. The van der Waals surface area contributed by atoms with E-state index in [0.717, 1.165) is 25.7 Å². The van der Waals surface area contributed by atoms with Crippen LogP contribution < -0.4 is 11.1 Å². The minimum Gasteiger partial charge on any atom is -0.368 e. The molecule has 0 aromatic carbocycles. The summed E-state index contributed by atoms with van der Waals surface area (Å²) in [6.45, 7) is 4.99. The van der Waals surface area contributed by atoms with Crippen LogP contribution in [0.5, 0.6) is 0 Å². The standard InChI is InChI=1S/C11H18FN5/c1-2-17-5-3-4-8(17)6-14-10-9(12)7-15-11(13)16-10/h7-8H,2-6H2,1H3,(H3,13,14,15,16). The summed E-state index contributed by atoms with van der Waals surface area (Å²) in [5, 5.41) is 3.01. The highest BCUT2D eigenvalue weighted by Gasteiger charge is 2.22. The summed E-state index contributed by atoms with van der Waals surface area (Å²) in [4.78, 5) is 9.82. The molecule has 0 aliphatic carbocycles. The maximum Gasteiger partial charge on any atom is 0.222 e. The Morgan fingerprint density at radius 2 is 2.47 bits per heavy atom. The van der Waals surface area contributed by atoms with E-state index in [1.54, 1.807) is 0 Å². The van der Waals surface area contributed by atoms with Crippen LogP contribution in [0.15, 0.2) is 6.20 Å². The van der Waals surface area contributed by atoms with Gasteiger partial charge in [0.2, 0.25) is 5.95 Å².